The van der Waals surface area contributed by atoms with Crippen LogP contribution in [0, 0.1) is 11.6 Å². The number of carbonyl (C=O) groups excluding carboxylic acids is 1. The molecule has 0 aliphatic rings. The number of para-hydroxylation sites is 1. The van der Waals surface area contributed by atoms with E-state index in [1.54, 1.807) is 29.3 Å². The van der Waals surface area contributed by atoms with E-state index < -0.39 is 11.6 Å². The Balaban J connectivity index is 1.48. The van der Waals surface area contributed by atoms with Crippen LogP contribution in [0.4, 0.5) is 8.78 Å². The van der Waals surface area contributed by atoms with E-state index in [1.807, 2.05) is 36.4 Å². The monoisotopic (exact) mass is 420 g/mol. The van der Waals surface area contributed by atoms with Crippen molar-refractivity contribution >= 4 is 5.91 Å². The Morgan fingerprint density at radius 1 is 1.03 bits per heavy atom. The Morgan fingerprint density at radius 2 is 1.87 bits per heavy atom. The molecule has 0 saturated carbocycles. The Hall–Kier alpha value is -4.07. The SMILES string of the molecule is O=C(NCCOc1ccc(F)c(F)c1)c1cn(-c2ccccc2)nc1-c1cccnc1. The molecule has 0 fully saturated rings. The first kappa shape index (κ1) is 20.2. The van der Waals surface area contributed by atoms with E-state index in [2.05, 4.69) is 15.4 Å². The summed E-state index contributed by atoms with van der Waals surface area (Å²) in [5.41, 5.74) is 2.40. The van der Waals surface area contributed by atoms with E-state index in [0.717, 1.165) is 17.8 Å². The number of amides is 1. The molecule has 1 N–H and O–H groups in total. The van der Waals surface area contributed by atoms with Crippen LogP contribution in [0.1, 0.15) is 10.4 Å². The fourth-order valence-electron chi connectivity index (χ4n) is 2.96. The lowest BCUT2D eigenvalue weighted by Gasteiger charge is -2.08. The molecule has 0 radical (unpaired) electrons. The number of carbonyl (C=O) groups is 1. The number of hydrogen-bond acceptors (Lipinski definition) is 4. The second-order valence-corrected chi connectivity index (χ2v) is 6.59. The molecule has 0 bridgehead atoms. The van der Waals surface area contributed by atoms with Crippen LogP contribution in [0.5, 0.6) is 5.75 Å². The molecule has 2 heterocycles. The van der Waals surface area contributed by atoms with Crippen LogP contribution in [0.2, 0.25) is 0 Å². The predicted molar refractivity (Wildman–Crippen MR) is 111 cm³/mol. The third kappa shape index (κ3) is 4.75. The topological polar surface area (TPSA) is 69.0 Å². The van der Waals surface area contributed by atoms with Crippen molar-refractivity contribution in [2.24, 2.45) is 0 Å². The highest BCUT2D eigenvalue weighted by Crippen LogP contribution is 2.23. The van der Waals surface area contributed by atoms with E-state index in [1.165, 1.54) is 6.07 Å². The lowest BCUT2D eigenvalue weighted by Crippen LogP contribution is -2.28. The molecule has 0 unspecified atom stereocenters. The van der Waals surface area contributed by atoms with Crippen LogP contribution in [-0.2, 0) is 0 Å². The van der Waals surface area contributed by atoms with Gasteiger partial charge >= 0.3 is 0 Å². The summed E-state index contributed by atoms with van der Waals surface area (Å²) in [6, 6.07) is 16.3. The van der Waals surface area contributed by atoms with Gasteiger partial charge in [0.25, 0.3) is 5.91 Å². The average Bonchev–Trinajstić information content (AvgIpc) is 3.26. The summed E-state index contributed by atoms with van der Waals surface area (Å²) >= 11 is 0. The quantitative estimate of drug-likeness (QED) is 0.459. The molecule has 0 spiro atoms. The summed E-state index contributed by atoms with van der Waals surface area (Å²) < 4.78 is 33.2. The van der Waals surface area contributed by atoms with Crippen molar-refractivity contribution in [1.29, 1.82) is 0 Å². The summed E-state index contributed by atoms with van der Waals surface area (Å²) in [5, 5.41) is 7.34. The average molecular weight is 420 g/mol. The molecule has 4 aromatic rings. The fourth-order valence-corrected chi connectivity index (χ4v) is 2.96. The molecule has 0 atom stereocenters. The van der Waals surface area contributed by atoms with Crippen molar-refractivity contribution in [2.45, 2.75) is 0 Å². The third-order valence-corrected chi connectivity index (χ3v) is 4.46. The minimum atomic E-state index is -0.990. The standard InChI is InChI=1S/C23H18F2N4O2/c24-20-9-8-18(13-21(20)25)31-12-11-27-23(30)19-15-29(17-6-2-1-3-7-17)28-22(19)16-5-4-10-26-14-16/h1-10,13-15H,11-12H2,(H,27,30). The van der Waals surface area contributed by atoms with Crippen molar-refractivity contribution in [3.8, 4) is 22.7 Å². The first-order valence-electron chi connectivity index (χ1n) is 9.53. The highest BCUT2D eigenvalue weighted by molar-refractivity contribution is 5.99. The summed E-state index contributed by atoms with van der Waals surface area (Å²) in [6.07, 6.45) is 4.94. The number of pyridine rings is 1. The first-order valence-corrected chi connectivity index (χ1v) is 9.53. The summed E-state index contributed by atoms with van der Waals surface area (Å²) in [4.78, 5) is 17.0. The maximum Gasteiger partial charge on any atom is 0.255 e. The zero-order chi connectivity index (χ0) is 21.6. The summed E-state index contributed by atoms with van der Waals surface area (Å²) in [6.45, 7) is 0.257. The van der Waals surface area contributed by atoms with Gasteiger partial charge in [-0.05, 0) is 36.4 Å². The second-order valence-electron chi connectivity index (χ2n) is 6.59. The molecule has 2 aromatic carbocycles. The Morgan fingerprint density at radius 3 is 2.61 bits per heavy atom. The van der Waals surface area contributed by atoms with Crippen molar-refractivity contribution in [1.82, 2.24) is 20.1 Å². The second kappa shape index (κ2) is 9.17. The number of benzene rings is 2. The van der Waals surface area contributed by atoms with Crippen LogP contribution >= 0.6 is 0 Å². The minimum absolute atomic E-state index is 0.0891. The predicted octanol–water partition coefficient (Wildman–Crippen LogP) is 4.02. The van der Waals surface area contributed by atoms with Gasteiger partial charge in [0.15, 0.2) is 11.6 Å². The maximum atomic E-state index is 13.2. The van der Waals surface area contributed by atoms with Crippen molar-refractivity contribution in [2.75, 3.05) is 13.2 Å². The van der Waals surface area contributed by atoms with Crippen molar-refractivity contribution in [3.05, 3.63) is 96.5 Å². The largest absolute Gasteiger partial charge is 0.492 e. The van der Waals surface area contributed by atoms with Gasteiger partial charge in [-0.1, -0.05) is 18.2 Å². The number of hydrogen-bond donors (Lipinski definition) is 1. The van der Waals surface area contributed by atoms with Crippen LogP contribution < -0.4 is 10.1 Å². The molecular weight excluding hydrogens is 402 g/mol. The number of rotatable bonds is 7. The van der Waals surface area contributed by atoms with Gasteiger partial charge in [-0.25, -0.2) is 13.5 Å². The lowest BCUT2D eigenvalue weighted by atomic mass is 10.1. The maximum absolute atomic E-state index is 13.2. The number of ether oxygens (including phenoxy) is 1. The smallest absolute Gasteiger partial charge is 0.255 e. The fraction of sp³-hybridized carbons (Fsp3) is 0.0870. The van der Waals surface area contributed by atoms with E-state index in [-0.39, 0.29) is 24.8 Å². The highest BCUT2D eigenvalue weighted by atomic mass is 19.2. The number of nitrogens with zero attached hydrogens (tertiary/aromatic N) is 3. The van der Waals surface area contributed by atoms with E-state index >= 15 is 0 Å². The van der Waals surface area contributed by atoms with Gasteiger partial charge in [-0.2, -0.15) is 5.10 Å². The molecule has 0 saturated heterocycles. The van der Waals surface area contributed by atoms with Gasteiger partial charge in [-0.3, -0.25) is 9.78 Å². The molecule has 6 nitrogen and oxygen atoms in total. The molecule has 31 heavy (non-hydrogen) atoms. The Labute approximate surface area is 177 Å². The lowest BCUT2D eigenvalue weighted by molar-refractivity contribution is 0.0947. The Kier molecular flexibility index (Phi) is 5.98. The normalized spacial score (nSPS) is 10.6. The van der Waals surface area contributed by atoms with Crippen LogP contribution in [-0.4, -0.2) is 33.8 Å². The van der Waals surface area contributed by atoms with E-state index in [9.17, 15) is 13.6 Å². The molecular formula is C23H18F2N4O2. The molecule has 1 amide bonds. The molecule has 2 aromatic heterocycles. The third-order valence-electron chi connectivity index (χ3n) is 4.46. The van der Waals surface area contributed by atoms with Gasteiger partial charge < -0.3 is 10.1 Å². The van der Waals surface area contributed by atoms with Crippen LogP contribution in [0.15, 0.2) is 79.3 Å². The van der Waals surface area contributed by atoms with Crippen LogP contribution in [0.25, 0.3) is 16.9 Å². The van der Waals surface area contributed by atoms with Gasteiger partial charge in [0, 0.05) is 30.2 Å². The number of aromatic nitrogens is 3. The molecule has 156 valence electrons. The van der Waals surface area contributed by atoms with E-state index in [0.29, 0.717) is 16.8 Å². The van der Waals surface area contributed by atoms with Gasteiger partial charge in [0.1, 0.15) is 18.1 Å². The van der Waals surface area contributed by atoms with E-state index in [4.69, 9.17) is 4.74 Å². The van der Waals surface area contributed by atoms with Crippen molar-refractivity contribution in [3.63, 3.8) is 0 Å². The highest BCUT2D eigenvalue weighted by Gasteiger charge is 2.18. The zero-order valence-corrected chi connectivity index (χ0v) is 16.3. The van der Waals surface area contributed by atoms with Gasteiger partial charge in [0.05, 0.1) is 17.8 Å². The molecule has 8 heteroatoms. The molecule has 0 aliphatic heterocycles. The first-order chi connectivity index (χ1) is 15.1. The van der Waals surface area contributed by atoms with Crippen molar-refractivity contribution < 1.29 is 18.3 Å². The minimum Gasteiger partial charge on any atom is -0.492 e. The number of nitrogens with one attached hydrogen (secondary N) is 1. The molecule has 4 rings (SSSR count). The summed E-state index contributed by atoms with van der Waals surface area (Å²) in [5.74, 6) is -2.09. The summed E-state index contributed by atoms with van der Waals surface area (Å²) in [7, 11) is 0. The number of halogens is 2. The zero-order valence-electron chi connectivity index (χ0n) is 16.3. The Bertz CT molecular complexity index is 1180. The molecule has 0 aliphatic carbocycles. The van der Waals surface area contributed by atoms with Crippen LogP contribution in [0.3, 0.4) is 0 Å². The van der Waals surface area contributed by atoms with Gasteiger partial charge in [-0.15, -0.1) is 0 Å². The van der Waals surface area contributed by atoms with Gasteiger partial charge in [0.2, 0.25) is 0 Å².